The Kier molecular flexibility index (Phi) is 4.07. The highest BCUT2D eigenvalue weighted by molar-refractivity contribution is 6.00. The summed E-state index contributed by atoms with van der Waals surface area (Å²) < 4.78 is 19.3. The number of nitrogens with one attached hydrogen (secondary N) is 1. The molecule has 0 spiro atoms. The normalized spacial score (nSPS) is 23.5. The third kappa shape index (κ3) is 2.87. The van der Waals surface area contributed by atoms with E-state index in [9.17, 15) is 4.39 Å². The van der Waals surface area contributed by atoms with Crippen molar-refractivity contribution < 1.29 is 9.13 Å². The van der Waals surface area contributed by atoms with E-state index in [0.717, 1.165) is 51.5 Å². The molecule has 3 N–H and O–H groups in total. The van der Waals surface area contributed by atoms with Crippen LogP contribution in [-0.4, -0.2) is 56.2 Å². The standard InChI is InChI=1S/C15H21FN4O/c16-12-2-1-3-13(14(12)15(17)18)20-5-4-11(10-20)19-6-8-21-9-7-19/h1-3,11H,4-10H2,(H3,17,18). The van der Waals surface area contributed by atoms with Crippen molar-refractivity contribution in [2.24, 2.45) is 5.73 Å². The molecule has 1 unspecified atom stereocenters. The van der Waals surface area contributed by atoms with Crippen LogP contribution in [0.3, 0.4) is 0 Å². The average Bonchev–Trinajstić information content (AvgIpc) is 2.97. The summed E-state index contributed by atoms with van der Waals surface area (Å²) in [6.45, 7) is 5.21. The molecule has 0 aromatic heterocycles. The van der Waals surface area contributed by atoms with E-state index in [-0.39, 0.29) is 11.4 Å². The number of nitrogen functional groups attached to an aromatic ring is 1. The van der Waals surface area contributed by atoms with Crippen LogP contribution in [0.25, 0.3) is 0 Å². The monoisotopic (exact) mass is 292 g/mol. The summed E-state index contributed by atoms with van der Waals surface area (Å²) in [6, 6.07) is 5.35. The summed E-state index contributed by atoms with van der Waals surface area (Å²) in [5.41, 5.74) is 6.51. The van der Waals surface area contributed by atoms with Gasteiger partial charge in [-0.3, -0.25) is 10.3 Å². The Bertz CT molecular complexity index is 530. The highest BCUT2D eigenvalue weighted by atomic mass is 19.1. The van der Waals surface area contributed by atoms with E-state index in [2.05, 4.69) is 9.80 Å². The summed E-state index contributed by atoms with van der Waals surface area (Å²) in [5.74, 6) is -0.632. The van der Waals surface area contributed by atoms with Crippen molar-refractivity contribution in [2.75, 3.05) is 44.3 Å². The van der Waals surface area contributed by atoms with Gasteiger partial charge >= 0.3 is 0 Å². The highest BCUT2D eigenvalue weighted by Crippen LogP contribution is 2.28. The maximum atomic E-state index is 13.9. The molecule has 1 aromatic carbocycles. The summed E-state index contributed by atoms with van der Waals surface area (Å²) in [5, 5.41) is 7.61. The number of ether oxygens (including phenoxy) is 1. The minimum atomic E-state index is -0.421. The molecule has 1 atom stereocenters. The summed E-state index contributed by atoms with van der Waals surface area (Å²) in [4.78, 5) is 4.58. The van der Waals surface area contributed by atoms with Crippen LogP contribution in [0, 0.1) is 11.2 Å². The lowest BCUT2D eigenvalue weighted by Gasteiger charge is -2.32. The maximum absolute atomic E-state index is 13.9. The van der Waals surface area contributed by atoms with Crippen LogP contribution in [0.5, 0.6) is 0 Å². The Hall–Kier alpha value is -1.66. The van der Waals surface area contributed by atoms with Crippen molar-refractivity contribution >= 4 is 11.5 Å². The van der Waals surface area contributed by atoms with Gasteiger partial charge in [-0.15, -0.1) is 0 Å². The molecular formula is C15H21FN4O. The van der Waals surface area contributed by atoms with Gasteiger partial charge < -0.3 is 15.4 Å². The van der Waals surface area contributed by atoms with E-state index in [1.807, 2.05) is 6.07 Å². The Labute approximate surface area is 124 Å². The molecule has 3 rings (SSSR count). The molecule has 0 saturated carbocycles. The number of hydrogen-bond acceptors (Lipinski definition) is 4. The first-order valence-electron chi connectivity index (χ1n) is 7.36. The SMILES string of the molecule is N=C(N)c1c(F)cccc1N1CCC(N2CCOCC2)C1. The van der Waals surface area contributed by atoms with E-state index in [1.165, 1.54) is 6.07 Å². The van der Waals surface area contributed by atoms with E-state index < -0.39 is 5.82 Å². The minimum Gasteiger partial charge on any atom is -0.384 e. The van der Waals surface area contributed by atoms with Crippen molar-refractivity contribution in [3.8, 4) is 0 Å². The molecule has 2 aliphatic rings. The number of amidine groups is 1. The second-order valence-corrected chi connectivity index (χ2v) is 5.58. The highest BCUT2D eigenvalue weighted by Gasteiger charge is 2.30. The molecule has 1 aromatic rings. The number of morpholine rings is 1. The zero-order valence-electron chi connectivity index (χ0n) is 12.0. The average molecular weight is 292 g/mol. The van der Waals surface area contributed by atoms with Crippen LogP contribution in [0.4, 0.5) is 10.1 Å². The van der Waals surface area contributed by atoms with Gasteiger partial charge in [-0.2, -0.15) is 0 Å². The predicted molar refractivity (Wildman–Crippen MR) is 80.4 cm³/mol. The van der Waals surface area contributed by atoms with E-state index in [4.69, 9.17) is 15.9 Å². The number of halogens is 1. The second-order valence-electron chi connectivity index (χ2n) is 5.58. The second kappa shape index (κ2) is 5.99. The van der Waals surface area contributed by atoms with Crippen molar-refractivity contribution in [3.63, 3.8) is 0 Å². The van der Waals surface area contributed by atoms with Crippen LogP contribution < -0.4 is 10.6 Å². The van der Waals surface area contributed by atoms with Crippen LogP contribution in [0.2, 0.25) is 0 Å². The van der Waals surface area contributed by atoms with Gasteiger partial charge in [0.25, 0.3) is 0 Å². The van der Waals surface area contributed by atoms with Crippen molar-refractivity contribution in [1.29, 1.82) is 5.41 Å². The lowest BCUT2D eigenvalue weighted by Crippen LogP contribution is -2.44. The summed E-state index contributed by atoms with van der Waals surface area (Å²) >= 11 is 0. The maximum Gasteiger partial charge on any atom is 0.136 e. The number of anilines is 1. The van der Waals surface area contributed by atoms with Gasteiger partial charge in [0.05, 0.1) is 24.5 Å². The molecule has 6 heteroatoms. The molecular weight excluding hydrogens is 271 g/mol. The molecule has 2 fully saturated rings. The van der Waals surface area contributed by atoms with Gasteiger partial charge in [0.2, 0.25) is 0 Å². The van der Waals surface area contributed by atoms with E-state index >= 15 is 0 Å². The lowest BCUT2D eigenvalue weighted by molar-refractivity contribution is 0.0209. The number of nitrogens with zero attached hydrogens (tertiary/aromatic N) is 2. The fourth-order valence-corrected chi connectivity index (χ4v) is 3.24. The number of benzene rings is 1. The van der Waals surface area contributed by atoms with Gasteiger partial charge in [0, 0.05) is 32.2 Å². The van der Waals surface area contributed by atoms with Gasteiger partial charge in [0.1, 0.15) is 11.7 Å². The molecule has 5 nitrogen and oxygen atoms in total. The minimum absolute atomic E-state index is 0.210. The van der Waals surface area contributed by atoms with Crippen molar-refractivity contribution in [1.82, 2.24) is 4.90 Å². The zero-order valence-corrected chi connectivity index (χ0v) is 12.0. The van der Waals surface area contributed by atoms with E-state index in [0.29, 0.717) is 6.04 Å². The quantitative estimate of drug-likeness (QED) is 0.645. The number of nitrogens with two attached hydrogens (primary N) is 1. The largest absolute Gasteiger partial charge is 0.384 e. The van der Waals surface area contributed by atoms with Crippen LogP contribution in [-0.2, 0) is 4.74 Å². The molecule has 0 aliphatic carbocycles. The van der Waals surface area contributed by atoms with Gasteiger partial charge in [-0.25, -0.2) is 4.39 Å². The Morgan fingerprint density at radius 2 is 2.05 bits per heavy atom. The fourth-order valence-electron chi connectivity index (χ4n) is 3.24. The van der Waals surface area contributed by atoms with Gasteiger partial charge in [-0.1, -0.05) is 6.07 Å². The van der Waals surface area contributed by atoms with Gasteiger partial charge in [-0.05, 0) is 18.6 Å². The zero-order chi connectivity index (χ0) is 14.8. The third-order valence-electron chi connectivity index (χ3n) is 4.33. The molecule has 0 radical (unpaired) electrons. The molecule has 2 heterocycles. The summed E-state index contributed by atoms with van der Waals surface area (Å²) in [7, 11) is 0. The summed E-state index contributed by atoms with van der Waals surface area (Å²) in [6.07, 6.45) is 1.05. The van der Waals surface area contributed by atoms with Gasteiger partial charge in [0.15, 0.2) is 0 Å². The molecule has 0 bridgehead atoms. The van der Waals surface area contributed by atoms with E-state index in [1.54, 1.807) is 6.07 Å². The molecule has 2 saturated heterocycles. The van der Waals surface area contributed by atoms with Crippen LogP contribution in [0.15, 0.2) is 18.2 Å². The smallest absolute Gasteiger partial charge is 0.136 e. The molecule has 0 amide bonds. The number of hydrogen-bond donors (Lipinski definition) is 2. The molecule has 21 heavy (non-hydrogen) atoms. The van der Waals surface area contributed by atoms with Crippen LogP contribution >= 0.6 is 0 Å². The predicted octanol–water partition coefficient (Wildman–Crippen LogP) is 1.02. The first-order valence-corrected chi connectivity index (χ1v) is 7.36. The topological polar surface area (TPSA) is 65.6 Å². The van der Waals surface area contributed by atoms with Crippen molar-refractivity contribution in [3.05, 3.63) is 29.6 Å². The molecule has 2 aliphatic heterocycles. The fraction of sp³-hybridized carbons (Fsp3) is 0.533. The first-order chi connectivity index (χ1) is 10.2. The Morgan fingerprint density at radius 1 is 1.29 bits per heavy atom. The van der Waals surface area contributed by atoms with Crippen molar-refractivity contribution in [2.45, 2.75) is 12.5 Å². The molecule has 114 valence electrons. The Morgan fingerprint density at radius 3 is 2.76 bits per heavy atom. The first kappa shape index (κ1) is 14.3. The van der Waals surface area contributed by atoms with Crippen LogP contribution in [0.1, 0.15) is 12.0 Å². The third-order valence-corrected chi connectivity index (χ3v) is 4.33. The number of rotatable bonds is 3. The Balaban J connectivity index is 1.77. The lowest BCUT2D eigenvalue weighted by atomic mass is 10.1.